The predicted octanol–water partition coefficient (Wildman–Crippen LogP) is 3.09. The number of hydrogen-bond acceptors (Lipinski definition) is 3. The number of amides is 1. The van der Waals surface area contributed by atoms with Crippen molar-refractivity contribution in [2.24, 2.45) is 0 Å². The van der Waals surface area contributed by atoms with Crippen molar-refractivity contribution in [3.8, 4) is 0 Å². The van der Waals surface area contributed by atoms with Gasteiger partial charge >= 0.3 is 0 Å². The SMILES string of the molecule is O=C(c1cscn1)N(Cc1ccc(F)cc1)C1CC1. The molecule has 3 rings (SSSR count). The first-order valence-corrected chi connectivity index (χ1v) is 7.12. The van der Waals surface area contributed by atoms with Gasteiger partial charge in [0, 0.05) is 18.0 Å². The average Bonchev–Trinajstić information content (AvgIpc) is 3.11. The lowest BCUT2D eigenvalue weighted by Crippen LogP contribution is -2.32. The molecule has 1 saturated carbocycles. The molecule has 3 nitrogen and oxygen atoms in total. The van der Waals surface area contributed by atoms with E-state index >= 15 is 0 Å². The van der Waals surface area contributed by atoms with Crippen molar-refractivity contribution in [1.29, 1.82) is 0 Å². The summed E-state index contributed by atoms with van der Waals surface area (Å²) < 4.78 is 12.9. The van der Waals surface area contributed by atoms with Gasteiger partial charge in [0.25, 0.3) is 5.91 Å². The molecular weight excluding hydrogens is 263 g/mol. The van der Waals surface area contributed by atoms with E-state index in [0.717, 1.165) is 18.4 Å². The van der Waals surface area contributed by atoms with E-state index in [1.54, 1.807) is 23.0 Å². The first kappa shape index (κ1) is 12.3. The van der Waals surface area contributed by atoms with Crippen molar-refractivity contribution in [3.05, 3.63) is 52.2 Å². The van der Waals surface area contributed by atoms with Crippen molar-refractivity contribution < 1.29 is 9.18 Å². The summed E-state index contributed by atoms with van der Waals surface area (Å²) in [7, 11) is 0. The summed E-state index contributed by atoms with van der Waals surface area (Å²) >= 11 is 1.42. The molecule has 1 fully saturated rings. The van der Waals surface area contributed by atoms with Crippen molar-refractivity contribution in [1.82, 2.24) is 9.88 Å². The Labute approximate surface area is 114 Å². The highest BCUT2D eigenvalue weighted by Crippen LogP contribution is 2.29. The topological polar surface area (TPSA) is 33.2 Å². The molecule has 1 aliphatic carbocycles. The Kier molecular flexibility index (Phi) is 3.29. The molecule has 1 aromatic heterocycles. The van der Waals surface area contributed by atoms with Gasteiger partial charge in [0.15, 0.2) is 0 Å². The normalized spacial score (nSPS) is 14.4. The maximum atomic E-state index is 12.9. The van der Waals surface area contributed by atoms with Crippen molar-refractivity contribution in [2.45, 2.75) is 25.4 Å². The molecule has 1 aliphatic rings. The Balaban J connectivity index is 1.78. The number of carbonyl (C=O) groups is 1. The van der Waals surface area contributed by atoms with Crippen LogP contribution in [0.2, 0.25) is 0 Å². The van der Waals surface area contributed by atoms with E-state index in [1.165, 1.54) is 23.5 Å². The average molecular weight is 276 g/mol. The van der Waals surface area contributed by atoms with Gasteiger partial charge in [-0.2, -0.15) is 0 Å². The van der Waals surface area contributed by atoms with Crippen molar-refractivity contribution in [2.75, 3.05) is 0 Å². The highest BCUT2D eigenvalue weighted by Gasteiger charge is 2.33. The molecule has 1 heterocycles. The highest BCUT2D eigenvalue weighted by atomic mass is 32.1. The van der Waals surface area contributed by atoms with E-state index < -0.39 is 0 Å². The van der Waals surface area contributed by atoms with Gasteiger partial charge in [-0.3, -0.25) is 4.79 Å². The predicted molar refractivity (Wildman–Crippen MR) is 71.4 cm³/mol. The first-order chi connectivity index (χ1) is 9.24. The number of rotatable bonds is 4. The van der Waals surface area contributed by atoms with Crippen LogP contribution < -0.4 is 0 Å². The van der Waals surface area contributed by atoms with Gasteiger partial charge < -0.3 is 4.90 Å². The Hall–Kier alpha value is -1.75. The summed E-state index contributed by atoms with van der Waals surface area (Å²) in [5.74, 6) is -0.291. The van der Waals surface area contributed by atoms with Gasteiger partial charge in [0.05, 0.1) is 5.51 Å². The number of benzene rings is 1. The molecule has 0 atom stereocenters. The van der Waals surface area contributed by atoms with E-state index in [0.29, 0.717) is 18.3 Å². The van der Waals surface area contributed by atoms with Gasteiger partial charge in [-0.15, -0.1) is 11.3 Å². The summed E-state index contributed by atoms with van der Waals surface area (Å²) in [6, 6.07) is 6.60. The zero-order valence-corrected chi connectivity index (χ0v) is 11.1. The smallest absolute Gasteiger partial charge is 0.273 e. The molecule has 0 bridgehead atoms. The van der Waals surface area contributed by atoms with Gasteiger partial charge in [0.1, 0.15) is 11.5 Å². The van der Waals surface area contributed by atoms with E-state index in [4.69, 9.17) is 0 Å². The number of thiazole rings is 1. The lowest BCUT2D eigenvalue weighted by Gasteiger charge is -2.21. The number of aromatic nitrogens is 1. The van der Waals surface area contributed by atoms with Crippen LogP contribution in [0.1, 0.15) is 28.9 Å². The largest absolute Gasteiger partial charge is 0.330 e. The van der Waals surface area contributed by atoms with Crippen LogP contribution in [0.5, 0.6) is 0 Å². The molecule has 19 heavy (non-hydrogen) atoms. The maximum Gasteiger partial charge on any atom is 0.273 e. The first-order valence-electron chi connectivity index (χ1n) is 6.17. The Morgan fingerprint density at radius 3 is 2.68 bits per heavy atom. The van der Waals surface area contributed by atoms with Crippen LogP contribution in [0.25, 0.3) is 0 Å². The summed E-state index contributed by atoms with van der Waals surface area (Å²) in [5.41, 5.74) is 3.10. The van der Waals surface area contributed by atoms with Crippen LogP contribution in [0, 0.1) is 5.82 Å². The molecule has 0 saturated heterocycles. The van der Waals surface area contributed by atoms with Crippen LogP contribution in [-0.2, 0) is 6.54 Å². The minimum Gasteiger partial charge on any atom is -0.330 e. The fourth-order valence-corrected chi connectivity index (χ4v) is 2.53. The van der Waals surface area contributed by atoms with Crippen LogP contribution in [0.4, 0.5) is 4.39 Å². The van der Waals surface area contributed by atoms with Gasteiger partial charge in [0.2, 0.25) is 0 Å². The molecular formula is C14H13FN2OS. The quantitative estimate of drug-likeness (QED) is 0.859. The summed E-state index contributed by atoms with van der Waals surface area (Å²) in [6.07, 6.45) is 2.08. The minimum absolute atomic E-state index is 0.0342. The van der Waals surface area contributed by atoms with E-state index in [2.05, 4.69) is 4.98 Å². The van der Waals surface area contributed by atoms with E-state index in [-0.39, 0.29) is 11.7 Å². The molecule has 98 valence electrons. The fraction of sp³-hybridized carbons (Fsp3) is 0.286. The lowest BCUT2D eigenvalue weighted by molar-refractivity contribution is 0.0725. The highest BCUT2D eigenvalue weighted by molar-refractivity contribution is 7.07. The monoisotopic (exact) mass is 276 g/mol. The lowest BCUT2D eigenvalue weighted by atomic mass is 10.2. The van der Waals surface area contributed by atoms with E-state index in [1.807, 2.05) is 4.90 Å². The van der Waals surface area contributed by atoms with Crippen molar-refractivity contribution >= 4 is 17.2 Å². The van der Waals surface area contributed by atoms with Gasteiger partial charge in [-0.1, -0.05) is 12.1 Å². The summed E-state index contributed by atoms with van der Waals surface area (Å²) in [5, 5.41) is 1.77. The third-order valence-electron chi connectivity index (χ3n) is 3.17. The molecule has 0 radical (unpaired) electrons. The zero-order valence-electron chi connectivity index (χ0n) is 10.3. The van der Waals surface area contributed by atoms with Crippen LogP contribution in [0.3, 0.4) is 0 Å². The molecule has 1 aromatic carbocycles. The number of carbonyl (C=O) groups excluding carboxylic acids is 1. The molecule has 0 N–H and O–H groups in total. The molecule has 0 aliphatic heterocycles. The Morgan fingerprint density at radius 2 is 2.11 bits per heavy atom. The minimum atomic E-state index is -0.257. The van der Waals surface area contributed by atoms with Crippen LogP contribution >= 0.6 is 11.3 Å². The summed E-state index contributed by atoms with van der Waals surface area (Å²) in [4.78, 5) is 18.3. The van der Waals surface area contributed by atoms with Crippen molar-refractivity contribution in [3.63, 3.8) is 0 Å². The van der Waals surface area contributed by atoms with Gasteiger partial charge in [-0.05, 0) is 30.5 Å². The molecule has 0 spiro atoms. The van der Waals surface area contributed by atoms with Gasteiger partial charge in [-0.25, -0.2) is 9.37 Å². The number of hydrogen-bond donors (Lipinski definition) is 0. The Bertz CT molecular complexity index is 564. The number of nitrogens with zero attached hydrogens (tertiary/aromatic N) is 2. The Morgan fingerprint density at radius 1 is 1.37 bits per heavy atom. The zero-order chi connectivity index (χ0) is 13.2. The summed E-state index contributed by atoms with van der Waals surface area (Å²) in [6.45, 7) is 0.515. The molecule has 0 unspecified atom stereocenters. The second kappa shape index (κ2) is 5.09. The molecule has 1 amide bonds. The number of halogens is 1. The molecule has 5 heteroatoms. The third-order valence-corrected chi connectivity index (χ3v) is 3.75. The second-order valence-corrected chi connectivity index (χ2v) is 5.38. The van der Waals surface area contributed by atoms with Crippen LogP contribution in [0.15, 0.2) is 35.2 Å². The third kappa shape index (κ3) is 2.81. The van der Waals surface area contributed by atoms with E-state index in [9.17, 15) is 9.18 Å². The fourth-order valence-electron chi connectivity index (χ4n) is 2.00. The standard InChI is InChI=1S/C14H13FN2OS/c15-11-3-1-10(2-4-11)7-17(12-5-6-12)14(18)13-8-19-9-16-13/h1-4,8-9,12H,5-7H2. The molecule has 2 aromatic rings. The maximum absolute atomic E-state index is 12.9. The van der Waals surface area contributed by atoms with Crippen LogP contribution in [-0.4, -0.2) is 21.8 Å². The second-order valence-electron chi connectivity index (χ2n) is 4.66.